The van der Waals surface area contributed by atoms with Crippen LogP contribution in [0.5, 0.6) is 0 Å². The monoisotopic (exact) mass is 385 g/mol. The topological polar surface area (TPSA) is 35.6 Å². The number of amides is 1. The fourth-order valence-electron chi connectivity index (χ4n) is 4.62. The van der Waals surface area contributed by atoms with Crippen molar-refractivity contribution in [2.75, 3.05) is 25.0 Å². The van der Waals surface area contributed by atoms with Crippen LogP contribution in [0.4, 0.5) is 5.69 Å². The maximum atomic E-state index is 12.9. The Morgan fingerprint density at radius 2 is 1.80 bits per heavy atom. The van der Waals surface area contributed by atoms with E-state index < -0.39 is 0 Å². The van der Waals surface area contributed by atoms with Gasteiger partial charge in [-0.25, -0.2) is 0 Å². The second-order valence-corrected chi connectivity index (χ2v) is 7.54. The summed E-state index contributed by atoms with van der Waals surface area (Å²) in [6, 6.07) is 9.81. The van der Waals surface area contributed by atoms with Gasteiger partial charge in [-0.3, -0.25) is 4.79 Å². The second-order valence-electron chi connectivity index (χ2n) is 7.54. The fourth-order valence-corrected chi connectivity index (χ4v) is 4.62. The summed E-state index contributed by atoms with van der Waals surface area (Å²) in [5.41, 5.74) is 2.54. The normalized spacial score (nSPS) is 27.6. The first-order valence-electron chi connectivity index (χ1n) is 9.02. The van der Waals surface area contributed by atoms with Gasteiger partial charge >= 0.3 is 0 Å². The molecule has 0 radical (unpaired) electrons. The molecule has 4 rings (SSSR count). The Morgan fingerprint density at radius 3 is 2.52 bits per heavy atom. The molecule has 3 aliphatic rings. The molecular formula is C19H29Cl2N3O. The number of nitrogens with zero attached hydrogens (tertiary/aromatic N) is 2. The summed E-state index contributed by atoms with van der Waals surface area (Å²) >= 11 is 0. The van der Waals surface area contributed by atoms with Crippen molar-refractivity contribution in [3.63, 3.8) is 0 Å². The lowest BCUT2D eigenvalue weighted by molar-refractivity contribution is -0.132. The van der Waals surface area contributed by atoms with Gasteiger partial charge in [-0.1, -0.05) is 18.2 Å². The maximum absolute atomic E-state index is 12.9. The smallest absolute Gasteiger partial charge is 0.223 e. The average Bonchev–Trinajstić information content (AvgIpc) is 2.79. The summed E-state index contributed by atoms with van der Waals surface area (Å²) in [6.07, 6.45) is 5.72. The zero-order valence-electron chi connectivity index (χ0n) is 14.8. The zero-order chi connectivity index (χ0) is 15.8. The molecule has 2 fully saturated rings. The number of rotatable bonds is 2. The minimum absolute atomic E-state index is 0. The van der Waals surface area contributed by atoms with Crippen LogP contribution >= 0.6 is 24.8 Å². The van der Waals surface area contributed by atoms with Crippen molar-refractivity contribution < 1.29 is 4.79 Å². The number of likely N-dealkylation sites (N-methyl/N-ethyl adjacent to an activating group) is 1. The fraction of sp³-hybridized carbons (Fsp3) is 0.632. The Labute approximate surface area is 163 Å². The molecule has 3 aliphatic heterocycles. The Kier molecular flexibility index (Phi) is 7.01. The van der Waals surface area contributed by atoms with Gasteiger partial charge in [-0.15, -0.1) is 24.8 Å². The van der Waals surface area contributed by atoms with E-state index in [4.69, 9.17) is 0 Å². The summed E-state index contributed by atoms with van der Waals surface area (Å²) in [5.74, 6) is 0.930. The van der Waals surface area contributed by atoms with Crippen LogP contribution in [0.2, 0.25) is 0 Å². The Bertz CT molecular complexity index is 586. The molecule has 0 saturated carbocycles. The number of benzene rings is 1. The minimum atomic E-state index is 0. The number of hydrogen-bond acceptors (Lipinski definition) is 3. The lowest BCUT2D eigenvalue weighted by Gasteiger charge is -2.30. The van der Waals surface area contributed by atoms with Gasteiger partial charge in [0.1, 0.15) is 0 Å². The van der Waals surface area contributed by atoms with Gasteiger partial charge in [0.05, 0.1) is 0 Å². The van der Waals surface area contributed by atoms with Crippen LogP contribution in [-0.4, -0.2) is 43.0 Å². The molecule has 2 saturated heterocycles. The van der Waals surface area contributed by atoms with Crippen molar-refractivity contribution in [2.24, 2.45) is 5.92 Å². The van der Waals surface area contributed by atoms with Gasteiger partial charge in [0.25, 0.3) is 0 Å². The SMILES string of the molecule is CN1CCN(C(=O)CC2CC3CCC(C2)N3)Cc2ccccc21.Cl.Cl. The van der Waals surface area contributed by atoms with Crippen LogP contribution in [0.1, 0.15) is 37.7 Å². The highest BCUT2D eigenvalue weighted by Gasteiger charge is 2.35. The number of carbonyl (C=O) groups is 1. The van der Waals surface area contributed by atoms with E-state index >= 15 is 0 Å². The van der Waals surface area contributed by atoms with Crippen LogP contribution in [0, 0.1) is 5.92 Å². The Morgan fingerprint density at radius 1 is 1.12 bits per heavy atom. The first-order chi connectivity index (χ1) is 11.2. The average molecular weight is 386 g/mol. The first-order valence-corrected chi connectivity index (χ1v) is 9.02. The van der Waals surface area contributed by atoms with Crippen molar-refractivity contribution in [3.05, 3.63) is 29.8 Å². The highest BCUT2D eigenvalue weighted by molar-refractivity contribution is 5.85. The molecule has 1 aromatic rings. The van der Waals surface area contributed by atoms with Gasteiger partial charge in [-0.05, 0) is 43.2 Å². The molecule has 0 aliphatic carbocycles. The van der Waals surface area contributed by atoms with E-state index in [9.17, 15) is 4.79 Å². The van der Waals surface area contributed by atoms with E-state index in [2.05, 4.69) is 46.4 Å². The lowest BCUT2D eigenvalue weighted by atomic mass is 9.89. The standard InChI is InChI=1S/C19H27N3O.2ClH/c1-21-8-9-22(13-15-4-2-3-5-18(15)21)19(23)12-14-10-16-6-7-17(11-14)20-16;;/h2-5,14,16-17,20H,6-13H2,1H3;2*1H. The molecule has 1 N–H and O–H groups in total. The Balaban J connectivity index is 0.00000113. The molecule has 0 spiro atoms. The number of carbonyl (C=O) groups excluding carboxylic acids is 1. The molecule has 1 amide bonds. The van der Waals surface area contributed by atoms with Crippen LogP contribution in [0.15, 0.2) is 24.3 Å². The van der Waals surface area contributed by atoms with Crippen LogP contribution < -0.4 is 10.2 Å². The summed E-state index contributed by atoms with van der Waals surface area (Å²) < 4.78 is 0. The van der Waals surface area contributed by atoms with Crippen LogP contribution in [0.3, 0.4) is 0 Å². The molecule has 2 bridgehead atoms. The van der Waals surface area contributed by atoms with E-state index in [1.807, 2.05) is 0 Å². The number of piperidine rings is 1. The summed E-state index contributed by atoms with van der Waals surface area (Å²) in [5, 5.41) is 3.67. The number of nitrogens with one attached hydrogen (secondary N) is 1. The summed E-state index contributed by atoms with van der Waals surface area (Å²) in [7, 11) is 2.12. The molecule has 0 aromatic heterocycles. The predicted molar refractivity (Wildman–Crippen MR) is 107 cm³/mol. The summed E-state index contributed by atoms with van der Waals surface area (Å²) in [6.45, 7) is 2.51. The van der Waals surface area contributed by atoms with E-state index in [1.54, 1.807) is 0 Å². The van der Waals surface area contributed by atoms with Gasteiger partial charge in [0, 0.05) is 50.9 Å². The second kappa shape index (κ2) is 8.61. The molecule has 2 unspecified atom stereocenters. The van der Waals surface area contributed by atoms with Gasteiger partial charge < -0.3 is 15.1 Å². The molecule has 4 nitrogen and oxygen atoms in total. The first kappa shape index (κ1) is 20.3. The quantitative estimate of drug-likeness (QED) is 0.848. The molecule has 140 valence electrons. The van der Waals surface area contributed by atoms with Crippen molar-refractivity contribution in [1.29, 1.82) is 0 Å². The lowest BCUT2D eigenvalue weighted by Crippen LogP contribution is -2.41. The van der Waals surface area contributed by atoms with E-state index in [-0.39, 0.29) is 24.8 Å². The van der Waals surface area contributed by atoms with Gasteiger partial charge in [0.15, 0.2) is 0 Å². The minimum Gasteiger partial charge on any atom is -0.373 e. The van der Waals surface area contributed by atoms with Crippen molar-refractivity contribution in [2.45, 2.75) is 50.7 Å². The predicted octanol–water partition coefficient (Wildman–Crippen LogP) is 3.23. The van der Waals surface area contributed by atoms with E-state index in [0.29, 0.717) is 23.9 Å². The van der Waals surface area contributed by atoms with E-state index in [1.165, 1.54) is 36.9 Å². The number of hydrogen-bond donors (Lipinski definition) is 1. The molecule has 2 atom stereocenters. The number of fused-ring (bicyclic) bond motifs is 3. The zero-order valence-corrected chi connectivity index (χ0v) is 16.5. The largest absolute Gasteiger partial charge is 0.373 e. The molecule has 3 heterocycles. The van der Waals surface area contributed by atoms with Crippen LogP contribution in [-0.2, 0) is 11.3 Å². The molecule has 1 aromatic carbocycles. The number of halogens is 2. The van der Waals surface area contributed by atoms with E-state index in [0.717, 1.165) is 26.1 Å². The molecule has 6 heteroatoms. The third-order valence-corrected chi connectivity index (χ3v) is 5.86. The third-order valence-electron chi connectivity index (χ3n) is 5.86. The highest BCUT2D eigenvalue weighted by Crippen LogP contribution is 2.33. The highest BCUT2D eigenvalue weighted by atomic mass is 35.5. The van der Waals surface area contributed by atoms with Crippen molar-refractivity contribution in [1.82, 2.24) is 10.2 Å². The van der Waals surface area contributed by atoms with Gasteiger partial charge in [-0.2, -0.15) is 0 Å². The summed E-state index contributed by atoms with van der Waals surface area (Å²) in [4.78, 5) is 17.2. The van der Waals surface area contributed by atoms with Gasteiger partial charge in [0.2, 0.25) is 5.91 Å². The van der Waals surface area contributed by atoms with Crippen LogP contribution in [0.25, 0.3) is 0 Å². The van der Waals surface area contributed by atoms with Crippen molar-refractivity contribution in [3.8, 4) is 0 Å². The third kappa shape index (κ3) is 4.42. The molecule has 25 heavy (non-hydrogen) atoms. The Hall–Kier alpha value is -0.970. The number of para-hydroxylation sites is 1. The maximum Gasteiger partial charge on any atom is 0.223 e. The molecular weight excluding hydrogens is 357 g/mol. The van der Waals surface area contributed by atoms with Crippen molar-refractivity contribution >= 4 is 36.4 Å². The number of anilines is 1.